The van der Waals surface area contributed by atoms with E-state index < -0.39 is 43.9 Å². The summed E-state index contributed by atoms with van der Waals surface area (Å²) in [5.41, 5.74) is -0.494. The molecule has 0 spiro atoms. The van der Waals surface area contributed by atoms with Gasteiger partial charge in [-0.15, -0.1) is 0 Å². The second-order valence-electron chi connectivity index (χ2n) is 4.34. The molecule has 0 saturated carbocycles. The molecule has 0 radical (unpaired) electrons. The summed E-state index contributed by atoms with van der Waals surface area (Å²) in [6.07, 6.45) is 0.494. The van der Waals surface area contributed by atoms with E-state index >= 15 is 0 Å². The predicted octanol–water partition coefficient (Wildman–Crippen LogP) is 1.13. The highest BCUT2D eigenvalue weighted by molar-refractivity contribution is 7.91. The van der Waals surface area contributed by atoms with Crippen molar-refractivity contribution in [3.63, 3.8) is 0 Å². The van der Waals surface area contributed by atoms with Crippen LogP contribution in [-0.2, 0) is 14.6 Å². The second kappa shape index (κ2) is 5.57. The molecule has 1 aliphatic heterocycles. The highest BCUT2D eigenvalue weighted by Crippen LogP contribution is 2.35. The molecule has 0 fully saturated rings. The molecule has 0 amide bonds. The topological polar surface area (TPSA) is 59.5 Å². The van der Waals surface area contributed by atoms with Gasteiger partial charge >= 0.3 is 0 Å². The van der Waals surface area contributed by atoms with Crippen LogP contribution in [0.15, 0.2) is 4.90 Å². The van der Waals surface area contributed by atoms with Crippen molar-refractivity contribution in [2.24, 2.45) is 0 Å². The fraction of sp³-hybridized carbons (Fsp3) is 0.545. The van der Waals surface area contributed by atoms with Gasteiger partial charge in [-0.25, -0.2) is 12.8 Å². The van der Waals surface area contributed by atoms with E-state index in [4.69, 9.17) is 4.74 Å². The Hall–Kier alpha value is -1.35. The van der Waals surface area contributed by atoms with Crippen molar-refractivity contribution in [3.05, 3.63) is 17.7 Å². The third-order valence-electron chi connectivity index (χ3n) is 3.02. The molecule has 0 N–H and O–H groups in total. The first-order valence-electron chi connectivity index (χ1n) is 5.89. The minimum Gasteiger partial charge on any atom is -0.385 e. The van der Waals surface area contributed by atoms with E-state index in [0.29, 0.717) is 13.0 Å². The van der Waals surface area contributed by atoms with Crippen LogP contribution >= 0.6 is 0 Å². The van der Waals surface area contributed by atoms with Crippen molar-refractivity contribution in [2.45, 2.75) is 11.3 Å². The third-order valence-corrected chi connectivity index (χ3v) is 4.74. The molecule has 20 heavy (non-hydrogen) atoms. The van der Waals surface area contributed by atoms with Gasteiger partial charge in [-0.1, -0.05) is 0 Å². The number of pyridine rings is 1. The molecule has 1 aromatic heterocycles. The number of hydrogen-bond donors (Lipinski definition) is 0. The Morgan fingerprint density at radius 3 is 2.65 bits per heavy atom. The number of ether oxygens (including phenoxy) is 1. The van der Waals surface area contributed by atoms with Gasteiger partial charge in [-0.3, -0.25) is 0 Å². The molecule has 1 aromatic rings. The maximum absolute atomic E-state index is 13.8. The number of fused-ring (bicyclic) bond motifs is 1. The second-order valence-corrected chi connectivity index (χ2v) is 6.38. The lowest BCUT2D eigenvalue weighted by Crippen LogP contribution is -2.38. The summed E-state index contributed by atoms with van der Waals surface area (Å²) in [6.45, 7) is 0.653. The van der Waals surface area contributed by atoms with Crippen molar-refractivity contribution in [1.29, 1.82) is 0 Å². The van der Waals surface area contributed by atoms with E-state index in [1.807, 2.05) is 0 Å². The normalized spacial score (nSPS) is 17.1. The summed E-state index contributed by atoms with van der Waals surface area (Å²) in [7, 11) is -2.56. The van der Waals surface area contributed by atoms with Crippen LogP contribution < -0.4 is 4.90 Å². The monoisotopic (exact) mass is 310 g/mol. The van der Waals surface area contributed by atoms with Gasteiger partial charge in [-0.2, -0.15) is 13.8 Å². The van der Waals surface area contributed by atoms with Gasteiger partial charge in [0.15, 0.2) is 15.7 Å². The number of methoxy groups -OCH3 is 1. The Kier molecular flexibility index (Phi) is 4.19. The number of nitrogens with zero attached hydrogens (tertiary/aromatic N) is 2. The lowest BCUT2D eigenvalue weighted by molar-refractivity contribution is 0.196. The largest absolute Gasteiger partial charge is 0.385 e. The first-order chi connectivity index (χ1) is 9.38. The van der Waals surface area contributed by atoms with Gasteiger partial charge in [0.1, 0.15) is 10.6 Å². The van der Waals surface area contributed by atoms with Crippen LogP contribution in [0.3, 0.4) is 0 Å². The smallest absolute Gasteiger partial charge is 0.253 e. The Bertz CT molecular complexity index is 622. The highest BCUT2D eigenvalue weighted by Gasteiger charge is 2.36. The Labute approximate surface area is 114 Å². The van der Waals surface area contributed by atoms with Crippen LogP contribution in [0.2, 0.25) is 0 Å². The SMILES string of the molecule is COCCCN1CCS(=O)(=O)c2c(F)c(F)nc(F)c21. The van der Waals surface area contributed by atoms with Crippen LogP contribution in [0.1, 0.15) is 6.42 Å². The molecular formula is C11H13F3N2O3S. The number of anilines is 1. The summed E-state index contributed by atoms with van der Waals surface area (Å²) in [6, 6.07) is 0. The van der Waals surface area contributed by atoms with E-state index in [9.17, 15) is 21.6 Å². The molecule has 9 heteroatoms. The van der Waals surface area contributed by atoms with Gasteiger partial charge in [-0.05, 0) is 6.42 Å². The molecule has 0 saturated heterocycles. The van der Waals surface area contributed by atoms with Crippen LogP contribution in [0.25, 0.3) is 0 Å². The molecular weight excluding hydrogens is 297 g/mol. The summed E-state index contributed by atoms with van der Waals surface area (Å²) >= 11 is 0. The van der Waals surface area contributed by atoms with Gasteiger partial charge in [0, 0.05) is 26.8 Å². The summed E-state index contributed by atoms with van der Waals surface area (Å²) in [5.74, 6) is -5.09. The van der Waals surface area contributed by atoms with Gasteiger partial charge in [0.2, 0.25) is 5.95 Å². The molecule has 0 atom stereocenters. The molecule has 1 aliphatic rings. The third kappa shape index (κ3) is 2.59. The number of sulfone groups is 1. The molecule has 112 valence electrons. The molecule has 0 unspecified atom stereocenters. The fourth-order valence-electron chi connectivity index (χ4n) is 2.11. The van der Waals surface area contributed by atoms with E-state index in [2.05, 4.69) is 4.98 Å². The van der Waals surface area contributed by atoms with E-state index in [1.165, 1.54) is 12.0 Å². The summed E-state index contributed by atoms with van der Waals surface area (Å²) in [4.78, 5) is 3.19. The van der Waals surface area contributed by atoms with Crippen LogP contribution in [0.4, 0.5) is 18.9 Å². The lowest BCUT2D eigenvalue weighted by Gasteiger charge is -2.30. The van der Waals surface area contributed by atoms with Crippen molar-refractivity contribution in [1.82, 2.24) is 4.98 Å². The Morgan fingerprint density at radius 1 is 1.30 bits per heavy atom. The zero-order valence-corrected chi connectivity index (χ0v) is 11.5. The number of hydrogen-bond acceptors (Lipinski definition) is 5. The first-order valence-corrected chi connectivity index (χ1v) is 7.55. The van der Waals surface area contributed by atoms with Gasteiger partial charge in [0.25, 0.3) is 5.95 Å². The van der Waals surface area contributed by atoms with E-state index in [0.717, 1.165) is 0 Å². The fourth-order valence-corrected chi connectivity index (χ4v) is 3.64. The number of halogens is 3. The molecule has 2 heterocycles. The molecule has 0 aliphatic carbocycles. The lowest BCUT2D eigenvalue weighted by atomic mass is 10.3. The Morgan fingerprint density at radius 2 is 2.00 bits per heavy atom. The van der Waals surface area contributed by atoms with Crippen molar-refractivity contribution in [3.8, 4) is 0 Å². The molecule has 2 rings (SSSR count). The molecule has 5 nitrogen and oxygen atoms in total. The van der Waals surface area contributed by atoms with Gasteiger partial charge < -0.3 is 9.64 Å². The summed E-state index contributed by atoms with van der Waals surface area (Å²) in [5, 5.41) is 0. The molecule has 0 aromatic carbocycles. The van der Waals surface area contributed by atoms with Crippen LogP contribution in [0.5, 0.6) is 0 Å². The number of rotatable bonds is 4. The summed E-state index contributed by atoms with van der Waals surface area (Å²) < 4.78 is 69.1. The van der Waals surface area contributed by atoms with Crippen LogP contribution in [-0.4, -0.2) is 46.0 Å². The average molecular weight is 310 g/mol. The number of aromatic nitrogens is 1. The zero-order valence-electron chi connectivity index (χ0n) is 10.7. The Balaban J connectivity index is 2.50. The maximum atomic E-state index is 13.8. The van der Waals surface area contributed by atoms with Crippen LogP contribution in [0, 0.1) is 17.7 Å². The highest BCUT2D eigenvalue weighted by atomic mass is 32.2. The average Bonchev–Trinajstić information content (AvgIpc) is 2.37. The predicted molar refractivity (Wildman–Crippen MR) is 64.9 cm³/mol. The van der Waals surface area contributed by atoms with E-state index in [1.54, 1.807) is 0 Å². The first kappa shape index (κ1) is 15.0. The van der Waals surface area contributed by atoms with E-state index in [-0.39, 0.29) is 13.1 Å². The van der Waals surface area contributed by atoms with Crippen molar-refractivity contribution >= 4 is 15.5 Å². The standard InChI is InChI=1S/C11H13F3N2O3S/c1-19-5-2-3-16-4-6-20(17,18)9-7(12)10(13)15-11(14)8(9)16/h2-6H2,1H3. The maximum Gasteiger partial charge on any atom is 0.253 e. The molecule has 0 bridgehead atoms. The quantitative estimate of drug-likeness (QED) is 0.616. The minimum atomic E-state index is -4.05. The zero-order chi connectivity index (χ0) is 14.9. The van der Waals surface area contributed by atoms with Gasteiger partial charge in [0.05, 0.1) is 5.75 Å². The van der Waals surface area contributed by atoms with Crippen molar-refractivity contribution < 1.29 is 26.3 Å². The minimum absolute atomic E-state index is 0.00270. The van der Waals surface area contributed by atoms with Crippen molar-refractivity contribution in [2.75, 3.05) is 37.5 Å².